The lowest BCUT2D eigenvalue weighted by molar-refractivity contribution is -0.115. The highest BCUT2D eigenvalue weighted by molar-refractivity contribution is 9.10. The van der Waals surface area contributed by atoms with Crippen molar-refractivity contribution in [2.45, 2.75) is 51.3 Å². The van der Waals surface area contributed by atoms with Gasteiger partial charge in [-0.15, -0.1) is 0 Å². The van der Waals surface area contributed by atoms with Crippen LogP contribution in [0.3, 0.4) is 0 Å². The highest BCUT2D eigenvalue weighted by Crippen LogP contribution is 2.34. The zero-order chi connectivity index (χ0) is 28.9. The fourth-order valence-corrected chi connectivity index (χ4v) is 4.73. The largest absolute Gasteiger partial charge is 0.444 e. The average molecular weight is 612 g/mol. The number of anilines is 2. The molecule has 3 aromatic carbocycles. The number of hydrogen-bond acceptors (Lipinski definition) is 4. The van der Waals surface area contributed by atoms with E-state index in [9.17, 15) is 18.8 Å². The van der Waals surface area contributed by atoms with E-state index < -0.39 is 23.5 Å². The first-order chi connectivity index (χ1) is 19.0. The van der Waals surface area contributed by atoms with Gasteiger partial charge in [-0.1, -0.05) is 52.3 Å². The predicted octanol–water partition coefficient (Wildman–Crippen LogP) is 6.64. The number of likely N-dealkylation sites (tertiary alicyclic amines) is 1. The van der Waals surface area contributed by atoms with Crippen LogP contribution in [0.4, 0.5) is 25.4 Å². The summed E-state index contributed by atoms with van der Waals surface area (Å²) in [6, 6.07) is 19.6. The van der Waals surface area contributed by atoms with E-state index in [1.54, 1.807) is 41.3 Å². The van der Waals surface area contributed by atoms with Crippen LogP contribution in [0.5, 0.6) is 0 Å². The second kappa shape index (κ2) is 12.5. The Kier molecular flexibility index (Phi) is 9.09. The Morgan fingerprint density at radius 3 is 2.30 bits per heavy atom. The van der Waals surface area contributed by atoms with Gasteiger partial charge in [0, 0.05) is 16.7 Å². The van der Waals surface area contributed by atoms with Crippen molar-refractivity contribution in [2.24, 2.45) is 0 Å². The molecule has 2 unspecified atom stereocenters. The van der Waals surface area contributed by atoms with Crippen molar-refractivity contribution < 1.29 is 23.5 Å². The summed E-state index contributed by atoms with van der Waals surface area (Å²) in [4.78, 5) is 39.7. The van der Waals surface area contributed by atoms with Crippen molar-refractivity contribution in [3.05, 3.63) is 94.2 Å². The van der Waals surface area contributed by atoms with E-state index in [2.05, 4.69) is 31.9 Å². The van der Waals surface area contributed by atoms with Gasteiger partial charge in [-0.05, 0) is 74.7 Å². The molecule has 0 radical (unpaired) electrons. The van der Waals surface area contributed by atoms with Gasteiger partial charge in [0.25, 0.3) is 0 Å². The molecule has 0 bridgehead atoms. The maximum atomic E-state index is 13.8. The Labute approximate surface area is 241 Å². The van der Waals surface area contributed by atoms with Gasteiger partial charge in [-0.3, -0.25) is 9.69 Å². The third-order valence-electron chi connectivity index (χ3n) is 6.24. The number of hydrogen-bond donors (Lipinski definition) is 3. The number of urea groups is 1. The maximum absolute atomic E-state index is 13.8. The van der Waals surface area contributed by atoms with E-state index in [1.807, 2.05) is 45.0 Å². The summed E-state index contributed by atoms with van der Waals surface area (Å²) in [5.41, 5.74) is 1.69. The molecule has 3 aromatic rings. The van der Waals surface area contributed by atoms with E-state index in [0.29, 0.717) is 24.2 Å². The number of nitrogens with one attached hydrogen (secondary N) is 3. The number of benzene rings is 3. The normalized spacial score (nSPS) is 16.8. The van der Waals surface area contributed by atoms with Crippen LogP contribution in [0.25, 0.3) is 0 Å². The third-order valence-corrected chi connectivity index (χ3v) is 6.77. The molecule has 10 heteroatoms. The smallest absolute Gasteiger partial charge is 0.410 e. The van der Waals surface area contributed by atoms with Crippen molar-refractivity contribution in [1.82, 2.24) is 10.2 Å². The molecule has 1 aliphatic rings. The molecule has 1 aliphatic heterocycles. The lowest BCUT2D eigenvalue weighted by Gasteiger charge is -2.28. The predicted molar refractivity (Wildman–Crippen MR) is 156 cm³/mol. The van der Waals surface area contributed by atoms with E-state index in [-0.39, 0.29) is 30.1 Å². The number of halogens is 2. The van der Waals surface area contributed by atoms with Crippen molar-refractivity contribution in [3.63, 3.8) is 0 Å². The van der Waals surface area contributed by atoms with Gasteiger partial charge in [-0.25, -0.2) is 14.0 Å². The molecule has 1 saturated heterocycles. The number of carbonyl (C=O) groups is 3. The topological polar surface area (TPSA) is 99.8 Å². The molecule has 0 spiro atoms. The summed E-state index contributed by atoms with van der Waals surface area (Å²) < 4.78 is 20.3. The van der Waals surface area contributed by atoms with Gasteiger partial charge in [-0.2, -0.15) is 0 Å². The van der Waals surface area contributed by atoms with Crippen molar-refractivity contribution in [3.8, 4) is 0 Å². The lowest BCUT2D eigenvalue weighted by atomic mass is 10.0. The molecule has 210 valence electrons. The number of amides is 4. The molecule has 4 amide bonds. The van der Waals surface area contributed by atoms with Crippen LogP contribution in [0.1, 0.15) is 44.4 Å². The Hall–Kier alpha value is -3.92. The fraction of sp³-hybridized carbons (Fsp3) is 0.300. The van der Waals surface area contributed by atoms with Crippen molar-refractivity contribution >= 4 is 45.3 Å². The van der Waals surface area contributed by atoms with E-state index >= 15 is 0 Å². The zero-order valence-electron chi connectivity index (χ0n) is 22.5. The van der Waals surface area contributed by atoms with Gasteiger partial charge in [0.1, 0.15) is 11.4 Å². The maximum Gasteiger partial charge on any atom is 0.410 e. The summed E-state index contributed by atoms with van der Waals surface area (Å²) in [6.07, 6.45) is 0.158. The van der Waals surface area contributed by atoms with Crippen molar-refractivity contribution in [1.29, 1.82) is 0 Å². The first-order valence-electron chi connectivity index (χ1n) is 12.9. The second-order valence-electron chi connectivity index (χ2n) is 10.6. The molecule has 1 heterocycles. The Bertz CT molecular complexity index is 1360. The number of para-hydroxylation sites is 1. The first kappa shape index (κ1) is 29.1. The van der Waals surface area contributed by atoms with Crippen LogP contribution in [0.2, 0.25) is 0 Å². The Morgan fingerprint density at radius 1 is 0.975 bits per heavy atom. The summed E-state index contributed by atoms with van der Waals surface area (Å²) in [7, 11) is 0. The van der Waals surface area contributed by atoms with Crippen LogP contribution in [0.15, 0.2) is 77.3 Å². The quantitative estimate of drug-likeness (QED) is 0.291. The van der Waals surface area contributed by atoms with Crippen LogP contribution in [-0.2, 0) is 16.0 Å². The Balaban J connectivity index is 1.34. The van der Waals surface area contributed by atoms with Gasteiger partial charge in [0.2, 0.25) is 5.91 Å². The van der Waals surface area contributed by atoms with Crippen molar-refractivity contribution in [2.75, 3.05) is 17.2 Å². The number of nitrogens with zero attached hydrogens (tertiary/aromatic N) is 1. The van der Waals surface area contributed by atoms with E-state index in [1.165, 1.54) is 12.1 Å². The summed E-state index contributed by atoms with van der Waals surface area (Å²) in [5, 5.41) is 8.31. The van der Waals surface area contributed by atoms with Crippen LogP contribution < -0.4 is 16.0 Å². The second-order valence-corrected chi connectivity index (χ2v) is 11.5. The molecule has 0 aromatic heterocycles. The highest BCUT2D eigenvalue weighted by Gasteiger charge is 2.39. The molecule has 3 N–H and O–H groups in total. The molecule has 1 fully saturated rings. The van der Waals surface area contributed by atoms with Gasteiger partial charge < -0.3 is 20.7 Å². The van der Waals surface area contributed by atoms with E-state index in [4.69, 9.17) is 4.74 Å². The highest BCUT2D eigenvalue weighted by atomic mass is 79.9. The van der Waals surface area contributed by atoms with Crippen LogP contribution in [0, 0.1) is 5.82 Å². The van der Waals surface area contributed by atoms with Gasteiger partial charge in [0.05, 0.1) is 24.2 Å². The molecule has 0 aliphatic carbocycles. The molecular formula is C30H32BrFN4O4. The zero-order valence-corrected chi connectivity index (χ0v) is 24.1. The third kappa shape index (κ3) is 8.05. The number of rotatable bonds is 6. The first-order valence-corrected chi connectivity index (χ1v) is 13.7. The van der Waals surface area contributed by atoms with Gasteiger partial charge in [0.15, 0.2) is 0 Å². The average Bonchev–Trinajstić information content (AvgIpc) is 3.30. The standard InChI is InChI=1S/C30H32BrFN4O4/c1-30(2,3)40-29(39)36-18-23(17-26(36)20-10-12-21(31)13-11-20)34-28(38)33-22-14-8-19(9-15-22)16-27(37)35-25-7-5-4-6-24(25)32/h4-15,23,26H,16-18H2,1-3H3,(H,35,37)(H2,33,34,38). The minimum absolute atomic E-state index is 0.0564. The molecular weight excluding hydrogens is 579 g/mol. The lowest BCUT2D eigenvalue weighted by Crippen LogP contribution is -2.42. The fourth-order valence-electron chi connectivity index (χ4n) is 4.46. The minimum atomic E-state index is -0.644. The van der Waals surface area contributed by atoms with Gasteiger partial charge >= 0.3 is 12.1 Å². The van der Waals surface area contributed by atoms with Crippen LogP contribution >= 0.6 is 15.9 Å². The molecule has 0 saturated carbocycles. The number of ether oxygens (including phenoxy) is 1. The minimum Gasteiger partial charge on any atom is -0.444 e. The molecule has 4 rings (SSSR count). The summed E-state index contributed by atoms with van der Waals surface area (Å²) in [6.45, 7) is 5.76. The summed E-state index contributed by atoms with van der Waals surface area (Å²) >= 11 is 3.44. The van der Waals surface area contributed by atoms with Crippen LogP contribution in [-0.4, -0.2) is 41.1 Å². The monoisotopic (exact) mass is 610 g/mol. The summed E-state index contributed by atoms with van der Waals surface area (Å²) in [5.74, 6) is -0.847. The number of carbonyl (C=O) groups excluding carboxylic acids is 3. The van der Waals surface area contributed by atoms with E-state index in [0.717, 1.165) is 10.0 Å². The molecule has 2 atom stereocenters. The molecule has 8 nitrogen and oxygen atoms in total. The molecule has 40 heavy (non-hydrogen) atoms. The SMILES string of the molecule is CC(C)(C)OC(=O)N1CC(NC(=O)Nc2ccc(CC(=O)Nc3ccccc3F)cc2)CC1c1ccc(Br)cc1. The Morgan fingerprint density at radius 2 is 1.65 bits per heavy atom.